The second-order valence-electron chi connectivity index (χ2n) is 2.92. The average Bonchev–Trinajstić information content (AvgIpc) is 2.66. The van der Waals surface area contributed by atoms with Gasteiger partial charge in [-0.25, -0.2) is 4.98 Å². The van der Waals surface area contributed by atoms with Crippen molar-refractivity contribution >= 4 is 22.4 Å². The predicted octanol–water partition coefficient (Wildman–Crippen LogP) is 0.255. The van der Waals surface area contributed by atoms with Crippen molar-refractivity contribution in [1.82, 2.24) is 25.0 Å². The minimum absolute atomic E-state index is 0.605. The van der Waals surface area contributed by atoms with Gasteiger partial charge in [0.15, 0.2) is 11.3 Å². The lowest BCUT2D eigenvalue weighted by Gasteiger charge is -2.00. The van der Waals surface area contributed by atoms with Crippen LogP contribution in [0.5, 0.6) is 0 Å². The molecular weight excluding hydrogens is 180 g/mol. The number of fused-ring (bicyclic) bond motifs is 3. The second-order valence-corrected chi connectivity index (χ2v) is 2.92. The summed E-state index contributed by atoms with van der Waals surface area (Å²) in [5.74, 6) is 0. The van der Waals surface area contributed by atoms with E-state index < -0.39 is 0 Å². The molecular formula is C8H6N6. The fraction of sp³-hybridized carbons (Fsp3) is 0. The van der Waals surface area contributed by atoms with Gasteiger partial charge in [-0.1, -0.05) is 0 Å². The van der Waals surface area contributed by atoms with Gasteiger partial charge in [-0.05, 0) is 22.6 Å². The Balaban J connectivity index is 2.67. The van der Waals surface area contributed by atoms with Crippen LogP contribution in [0.2, 0.25) is 0 Å². The second kappa shape index (κ2) is 2.38. The van der Waals surface area contributed by atoms with Crippen LogP contribution < -0.4 is 5.73 Å². The highest BCUT2D eigenvalue weighted by Gasteiger charge is 2.06. The number of tetrazole rings is 1. The van der Waals surface area contributed by atoms with Gasteiger partial charge in [-0.15, -0.1) is 5.10 Å². The number of hydrogen-bond acceptors (Lipinski definition) is 5. The van der Waals surface area contributed by atoms with Crippen LogP contribution in [0.3, 0.4) is 0 Å². The molecule has 14 heavy (non-hydrogen) atoms. The van der Waals surface area contributed by atoms with E-state index in [1.165, 1.54) is 0 Å². The molecule has 3 aromatic heterocycles. The van der Waals surface area contributed by atoms with Crippen molar-refractivity contribution in [2.45, 2.75) is 0 Å². The summed E-state index contributed by atoms with van der Waals surface area (Å²) < 4.78 is 1.56. The number of nitrogen functional groups attached to an aromatic ring is 1. The number of aromatic nitrogens is 5. The van der Waals surface area contributed by atoms with E-state index in [1.54, 1.807) is 16.8 Å². The molecule has 0 saturated carbocycles. The highest BCUT2D eigenvalue weighted by molar-refractivity contribution is 5.90. The molecule has 0 aliphatic heterocycles. The van der Waals surface area contributed by atoms with Crippen LogP contribution in [-0.2, 0) is 0 Å². The smallest absolute Gasteiger partial charge is 0.183 e. The quantitative estimate of drug-likeness (QED) is 0.544. The van der Waals surface area contributed by atoms with Gasteiger partial charge < -0.3 is 5.73 Å². The number of hydrogen-bond donors (Lipinski definition) is 1. The molecule has 3 rings (SSSR count). The molecule has 0 bridgehead atoms. The van der Waals surface area contributed by atoms with Gasteiger partial charge in [0, 0.05) is 23.3 Å². The van der Waals surface area contributed by atoms with E-state index in [-0.39, 0.29) is 0 Å². The Hall–Kier alpha value is -2.24. The van der Waals surface area contributed by atoms with E-state index in [4.69, 9.17) is 5.73 Å². The Bertz CT molecular complexity index is 613. The minimum Gasteiger partial charge on any atom is -0.398 e. The van der Waals surface area contributed by atoms with Crippen LogP contribution in [0.25, 0.3) is 16.7 Å². The van der Waals surface area contributed by atoms with Gasteiger partial charge in [-0.2, -0.15) is 4.52 Å². The van der Waals surface area contributed by atoms with Crippen molar-refractivity contribution in [3.8, 4) is 0 Å². The summed E-state index contributed by atoms with van der Waals surface area (Å²) in [5, 5.41) is 12.1. The van der Waals surface area contributed by atoms with E-state index >= 15 is 0 Å². The molecule has 0 spiro atoms. The molecule has 2 N–H and O–H groups in total. The lowest BCUT2D eigenvalue weighted by atomic mass is 10.2. The van der Waals surface area contributed by atoms with Crippen LogP contribution in [0, 0.1) is 0 Å². The Morgan fingerprint density at radius 2 is 2.29 bits per heavy atom. The maximum absolute atomic E-state index is 5.83. The molecule has 0 unspecified atom stereocenters. The maximum Gasteiger partial charge on any atom is 0.183 e. The molecule has 0 radical (unpaired) electrons. The molecule has 0 aliphatic carbocycles. The first-order valence-electron chi connectivity index (χ1n) is 4.07. The molecule has 0 fully saturated rings. The fourth-order valence-electron chi connectivity index (χ4n) is 1.44. The first kappa shape index (κ1) is 7.19. The molecule has 0 aliphatic rings. The van der Waals surface area contributed by atoms with Crippen LogP contribution in [0.1, 0.15) is 0 Å². The highest BCUT2D eigenvalue weighted by atomic mass is 15.5. The van der Waals surface area contributed by atoms with Crippen molar-refractivity contribution in [3.63, 3.8) is 0 Å². The first-order chi connectivity index (χ1) is 6.86. The Labute approximate surface area is 78.4 Å². The fourth-order valence-corrected chi connectivity index (χ4v) is 1.44. The zero-order valence-corrected chi connectivity index (χ0v) is 7.12. The van der Waals surface area contributed by atoms with Gasteiger partial charge in [0.1, 0.15) is 0 Å². The average molecular weight is 186 g/mol. The Morgan fingerprint density at radius 3 is 3.21 bits per heavy atom. The van der Waals surface area contributed by atoms with Crippen LogP contribution in [0.4, 0.5) is 5.69 Å². The molecule has 0 atom stereocenters. The zero-order valence-electron chi connectivity index (χ0n) is 7.12. The van der Waals surface area contributed by atoms with Gasteiger partial charge in [0.2, 0.25) is 0 Å². The number of nitrogens with two attached hydrogens (primary N) is 1. The third-order valence-electron chi connectivity index (χ3n) is 2.08. The van der Waals surface area contributed by atoms with E-state index in [1.807, 2.05) is 12.1 Å². The summed E-state index contributed by atoms with van der Waals surface area (Å²) in [7, 11) is 0. The largest absolute Gasteiger partial charge is 0.398 e. The van der Waals surface area contributed by atoms with Crippen molar-refractivity contribution in [2.24, 2.45) is 0 Å². The summed E-state index contributed by atoms with van der Waals surface area (Å²) in [6.45, 7) is 0. The zero-order chi connectivity index (χ0) is 9.54. The van der Waals surface area contributed by atoms with Gasteiger partial charge >= 0.3 is 0 Å². The monoisotopic (exact) mass is 186 g/mol. The summed E-state index contributed by atoms with van der Waals surface area (Å²) in [5.41, 5.74) is 7.75. The third-order valence-corrected chi connectivity index (χ3v) is 2.08. The molecule has 6 heteroatoms. The van der Waals surface area contributed by atoms with E-state index in [2.05, 4.69) is 20.5 Å². The Morgan fingerprint density at radius 1 is 1.36 bits per heavy atom. The van der Waals surface area contributed by atoms with Gasteiger partial charge in [-0.3, -0.25) is 0 Å². The van der Waals surface area contributed by atoms with Crippen molar-refractivity contribution in [1.29, 1.82) is 0 Å². The summed E-state index contributed by atoms with van der Waals surface area (Å²) in [4.78, 5) is 4.18. The summed E-state index contributed by atoms with van der Waals surface area (Å²) >= 11 is 0. The number of rotatable bonds is 0. The normalized spacial score (nSPS) is 11.1. The number of anilines is 1. The minimum atomic E-state index is 0.605. The topological polar surface area (TPSA) is 82.0 Å². The molecule has 3 heterocycles. The van der Waals surface area contributed by atoms with E-state index in [9.17, 15) is 0 Å². The van der Waals surface area contributed by atoms with Gasteiger partial charge in [0.25, 0.3) is 0 Å². The lowest BCUT2D eigenvalue weighted by Crippen LogP contribution is -1.97. The molecule has 68 valence electrons. The SMILES string of the molecule is Nc1cc2nnnn2c2ncccc12. The molecule has 0 saturated heterocycles. The molecule has 0 amide bonds. The lowest BCUT2D eigenvalue weighted by molar-refractivity contribution is 0.835. The first-order valence-corrected chi connectivity index (χ1v) is 4.07. The van der Waals surface area contributed by atoms with E-state index in [0.29, 0.717) is 17.0 Å². The van der Waals surface area contributed by atoms with Crippen molar-refractivity contribution in [3.05, 3.63) is 24.4 Å². The molecule has 0 aromatic carbocycles. The van der Waals surface area contributed by atoms with Crippen LogP contribution in [0.15, 0.2) is 24.4 Å². The Kier molecular flexibility index (Phi) is 1.22. The standard InChI is InChI=1S/C8H6N6/c9-6-4-7-11-12-13-14(7)8-5(6)2-1-3-10-8/h1-4H,9H2. The predicted molar refractivity (Wildman–Crippen MR) is 50.5 cm³/mol. The highest BCUT2D eigenvalue weighted by Crippen LogP contribution is 2.19. The molecule has 3 aromatic rings. The van der Waals surface area contributed by atoms with Crippen LogP contribution >= 0.6 is 0 Å². The van der Waals surface area contributed by atoms with Gasteiger partial charge in [0.05, 0.1) is 0 Å². The van der Waals surface area contributed by atoms with E-state index in [0.717, 1.165) is 5.39 Å². The third kappa shape index (κ3) is 0.792. The number of pyridine rings is 2. The molecule has 6 nitrogen and oxygen atoms in total. The summed E-state index contributed by atoms with van der Waals surface area (Å²) in [6.07, 6.45) is 1.68. The van der Waals surface area contributed by atoms with Crippen molar-refractivity contribution in [2.75, 3.05) is 5.73 Å². The van der Waals surface area contributed by atoms with Crippen molar-refractivity contribution < 1.29 is 0 Å². The number of nitrogens with zero attached hydrogens (tertiary/aromatic N) is 5. The van der Waals surface area contributed by atoms with Crippen LogP contribution in [-0.4, -0.2) is 25.0 Å². The maximum atomic E-state index is 5.83. The summed E-state index contributed by atoms with van der Waals surface area (Å²) in [6, 6.07) is 5.44.